The van der Waals surface area contributed by atoms with Crippen molar-refractivity contribution in [3.63, 3.8) is 0 Å². The monoisotopic (exact) mass is 223 g/mol. The van der Waals surface area contributed by atoms with Crippen LogP contribution in [0.4, 0.5) is 5.69 Å². The molecule has 0 saturated carbocycles. The maximum Gasteiger partial charge on any atom is 0.0476 e. The van der Waals surface area contributed by atoms with Crippen LogP contribution in [0.15, 0.2) is 29.2 Å². The van der Waals surface area contributed by atoms with Crippen molar-refractivity contribution in [2.24, 2.45) is 5.92 Å². The maximum atomic E-state index is 9.08. The predicted octanol–water partition coefficient (Wildman–Crippen LogP) is 2.23. The minimum Gasteiger partial charge on any atom is -0.396 e. The van der Waals surface area contributed by atoms with Crippen LogP contribution in [0, 0.1) is 5.92 Å². The summed E-state index contributed by atoms with van der Waals surface area (Å²) in [5.41, 5.74) is 1.28. The zero-order chi connectivity index (χ0) is 10.7. The molecule has 0 radical (unpaired) electrons. The molecule has 1 fully saturated rings. The Morgan fingerprint density at radius 2 is 2.13 bits per heavy atom. The molecular formula is C12H17NOS. The molecule has 1 aromatic carbocycles. The number of aliphatic hydroxyl groups is 1. The molecule has 82 valence electrons. The molecule has 1 heterocycles. The molecule has 1 saturated heterocycles. The standard InChI is InChI=1S/C12H17NOS/c1-15-12-4-2-11(3-5-12)13-7-6-10(8-13)9-14/h2-5,10,14H,6-9H2,1H3. The molecule has 0 amide bonds. The van der Waals surface area contributed by atoms with Gasteiger partial charge in [0.2, 0.25) is 0 Å². The van der Waals surface area contributed by atoms with E-state index >= 15 is 0 Å². The van der Waals surface area contributed by atoms with Crippen molar-refractivity contribution in [1.82, 2.24) is 0 Å². The van der Waals surface area contributed by atoms with Gasteiger partial charge in [-0.3, -0.25) is 0 Å². The Kier molecular flexibility index (Phi) is 3.54. The third-order valence-electron chi connectivity index (χ3n) is 2.98. The fourth-order valence-electron chi connectivity index (χ4n) is 2.01. The maximum absolute atomic E-state index is 9.08. The lowest BCUT2D eigenvalue weighted by atomic mass is 10.1. The fraction of sp³-hybridized carbons (Fsp3) is 0.500. The molecule has 0 bridgehead atoms. The van der Waals surface area contributed by atoms with Gasteiger partial charge >= 0.3 is 0 Å². The Labute approximate surface area is 95.3 Å². The van der Waals surface area contributed by atoms with E-state index < -0.39 is 0 Å². The Morgan fingerprint density at radius 3 is 2.67 bits per heavy atom. The second kappa shape index (κ2) is 4.90. The van der Waals surface area contributed by atoms with E-state index in [-0.39, 0.29) is 0 Å². The summed E-state index contributed by atoms with van der Waals surface area (Å²) in [5, 5.41) is 9.08. The molecule has 2 nitrogen and oxygen atoms in total. The normalized spacial score (nSPS) is 20.9. The first-order valence-corrected chi connectivity index (χ1v) is 6.56. The van der Waals surface area contributed by atoms with Crippen LogP contribution in [0.3, 0.4) is 0 Å². The topological polar surface area (TPSA) is 23.5 Å². The molecule has 1 atom stereocenters. The number of hydrogen-bond acceptors (Lipinski definition) is 3. The molecule has 1 aliphatic heterocycles. The number of rotatable bonds is 3. The highest BCUT2D eigenvalue weighted by atomic mass is 32.2. The smallest absolute Gasteiger partial charge is 0.0476 e. The van der Waals surface area contributed by atoms with E-state index in [1.165, 1.54) is 10.6 Å². The van der Waals surface area contributed by atoms with E-state index in [1.807, 2.05) is 0 Å². The highest BCUT2D eigenvalue weighted by Gasteiger charge is 2.21. The summed E-state index contributed by atoms with van der Waals surface area (Å²) in [6, 6.07) is 8.66. The van der Waals surface area contributed by atoms with Crippen molar-refractivity contribution in [3.05, 3.63) is 24.3 Å². The molecule has 0 spiro atoms. The van der Waals surface area contributed by atoms with Crippen molar-refractivity contribution in [1.29, 1.82) is 0 Å². The van der Waals surface area contributed by atoms with Crippen molar-refractivity contribution in [2.45, 2.75) is 11.3 Å². The molecule has 1 unspecified atom stereocenters. The fourth-order valence-corrected chi connectivity index (χ4v) is 2.42. The lowest BCUT2D eigenvalue weighted by Crippen LogP contribution is -2.20. The van der Waals surface area contributed by atoms with Crippen molar-refractivity contribution in [2.75, 3.05) is 30.9 Å². The van der Waals surface area contributed by atoms with E-state index in [0.29, 0.717) is 12.5 Å². The van der Waals surface area contributed by atoms with Gasteiger partial charge < -0.3 is 10.0 Å². The van der Waals surface area contributed by atoms with E-state index in [4.69, 9.17) is 5.11 Å². The number of nitrogens with zero attached hydrogens (tertiary/aromatic N) is 1. The molecule has 0 aliphatic carbocycles. The van der Waals surface area contributed by atoms with E-state index in [9.17, 15) is 0 Å². The van der Waals surface area contributed by atoms with Gasteiger partial charge in [-0.05, 0) is 36.9 Å². The molecule has 1 aliphatic rings. The van der Waals surface area contributed by atoms with Gasteiger partial charge in [0, 0.05) is 36.2 Å². The summed E-state index contributed by atoms with van der Waals surface area (Å²) in [7, 11) is 0. The molecular weight excluding hydrogens is 206 g/mol. The SMILES string of the molecule is CSc1ccc(N2CCC(CO)C2)cc1. The molecule has 1 N–H and O–H groups in total. The Bertz CT molecular complexity index is 312. The van der Waals surface area contributed by atoms with Crippen LogP contribution in [0.5, 0.6) is 0 Å². The van der Waals surface area contributed by atoms with Gasteiger partial charge in [-0.1, -0.05) is 0 Å². The van der Waals surface area contributed by atoms with Crippen LogP contribution < -0.4 is 4.90 Å². The van der Waals surface area contributed by atoms with Crippen molar-refractivity contribution in [3.8, 4) is 0 Å². The minimum absolute atomic E-state index is 0.319. The van der Waals surface area contributed by atoms with Gasteiger partial charge in [0.1, 0.15) is 0 Å². The molecule has 15 heavy (non-hydrogen) atoms. The van der Waals surface area contributed by atoms with Gasteiger partial charge in [-0.15, -0.1) is 11.8 Å². The van der Waals surface area contributed by atoms with E-state index in [1.54, 1.807) is 11.8 Å². The summed E-state index contributed by atoms with van der Waals surface area (Å²) in [5.74, 6) is 0.463. The van der Waals surface area contributed by atoms with Gasteiger partial charge in [0.25, 0.3) is 0 Å². The molecule has 2 rings (SSSR count). The van der Waals surface area contributed by atoms with E-state index in [2.05, 4.69) is 35.4 Å². The van der Waals surface area contributed by atoms with Crippen LogP contribution in [0.1, 0.15) is 6.42 Å². The minimum atomic E-state index is 0.319. The zero-order valence-electron chi connectivity index (χ0n) is 9.02. The second-order valence-corrected chi connectivity index (χ2v) is 4.86. The second-order valence-electron chi connectivity index (χ2n) is 3.98. The third kappa shape index (κ3) is 2.47. The van der Waals surface area contributed by atoms with Crippen molar-refractivity contribution < 1.29 is 5.11 Å². The average molecular weight is 223 g/mol. The first-order valence-electron chi connectivity index (χ1n) is 5.33. The number of hydrogen-bond donors (Lipinski definition) is 1. The van der Waals surface area contributed by atoms with Crippen LogP contribution in [0.2, 0.25) is 0 Å². The number of benzene rings is 1. The van der Waals surface area contributed by atoms with E-state index in [0.717, 1.165) is 19.5 Å². The zero-order valence-corrected chi connectivity index (χ0v) is 9.83. The number of thioether (sulfide) groups is 1. The quantitative estimate of drug-likeness (QED) is 0.795. The van der Waals surface area contributed by atoms with Gasteiger partial charge in [0.15, 0.2) is 0 Å². The average Bonchev–Trinajstić information content (AvgIpc) is 2.78. The number of aliphatic hydroxyl groups excluding tert-OH is 1. The summed E-state index contributed by atoms with van der Waals surface area (Å²) < 4.78 is 0. The summed E-state index contributed by atoms with van der Waals surface area (Å²) >= 11 is 1.77. The van der Waals surface area contributed by atoms with Gasteiger partial charge in [-0.2, -0.15) is 0 Å². The third-order valence-corrected chi connectivity index (χ3v) is 3.73. The van der Waals surface area contributed by atoms with Gasteiger partial charge in [0.05, 0.1) is 0 Å². The Balaban J connectivity index is 2.04. The lowest BCUT2D eigenvalue weighted by Gasteiger charge is -2.18. The highest BCUT2D eigenvalue weighted by molar-refractivity contribution is 7.98. The number of anilines is 1. The first kappa shape index (κ1) is 10.8. The lowest BCUT2D eigenvalue weighted by molar-refractivity contribution is 0.238. The van der Waals surface area contributed by atoms with Gasteiger partial charge in [-0.25, -0.2) is 0 Å². The molecule has 1 aromatic rings. The Hall–Kier alpha value is -0.670. The van der Waals surface area contributed by atoms with Crippen LogP contribution in [-0.4, -0.2) is 31.1 Å². The predicted molar refractivity (Wildman–Crippen MR) is 65.6 cm³/mol. The van der Waals surface area contributed by atoms with Crippen LogP contribution >= 0.6 is 11.8 Å². The summed E-state index contributed by atoms with van der Waals surface area (Å²) in [6.07, 6.45) is 3.20. The Morgan fingerprint density at radius 1 is 1.40 bits per heavy atom. The molecule has 0 aromatic heterocycles. The van der Waals surface area contributed by atoms with Crippen LogP contribution in [-0.2, 0) is 0 Å². The van der Waals surface area contributed by atoms with Crippen LogP contribution in [0.25, 0.3) is 0 Å². The highest BCUT2D eigenvalue weighted by Crippen LogP contribution is 2.25. The first-order chi connectivity index (χ1) is 7.33. The van der Waals surface area contributed by atoms with Crippen molar-refractivity contribution >= 4 is 17.4 Å². The summed E-state index contributed by atoms with van der Waals surface area (Å²) in [4.78, 5) is 3.65. The largest absolute Gasteiger partial charge is 0.396 e. The molecule has 3 heteroatoms. The summed E-state index contributed by atoms with van der Waals surface area (Å²) in [6.45, 7) is 2.39.